The van der Waals surface area contributed by atoms with Crippen molar-refractivity contribution in [1.29, 1.82) is 0 Å². The standard InChI is InChI=1S/C8H18N2.H2O4S/c1-2-6-3-4-7(9)8(10)5-6;1-5(2,3)4/h6-8H,2-5,9-10H2,1H3;(H2,1,2,3,4). The molecule has 1 saturated carbocycles. The fraction of sp³-hybridized carbons (Fsp3) is 1.00. The van der Waals surface area contributed by atoms with Crippen LogP contribution in [0.2, 0.25) is 0 Å². The maximum absolute atomic E-state index is 8.74. The second kappa shape index (κ2) is 6.39. The molecule has 1 fully saturated rings. The van der Waals surface area contributed by atoms with Crippen molar-refractivity contribution < 1.29 is 17.5 Å². The fourth-order valence-corrected chi connectivity index (χ4v) is 1.69. The first kappa shape index (κ1) is 14.8. The van der Waals surface area contributed by atoms with E-state index >= 15 is 0 Å². The number of hydrogen-bond donors (Lipinski definition) is 4. The third-order valence-electron chi connectivity index (χ3n) is 2.64. The molecule has 6 N–H and O–H groups in total. The van der Waals surface area contributed by atoms with Crippen LogP contribution in [0.5, 0.6) is 0 Å². The van der Waals surface area contributed by atoms with Crippen LogP contribution in [-0.2, 0) is 10.4 Å². The summed E-state index contributed by atoms with van der Waals surface area (Å²) in [5, 5.41) is 0. The Bertz CT molecular complexity index is 260. The first-order valence-corrected chi connectivity index (χ1v) is 6.34. The van der Waals surface area contributed by atoms with E-state index in [1.54, 1.807) is 0 Å². The quantitative estimate of drug-likeness (QED) is 0.485. The van der Waals surface area contributed by atoms with Crippen molar-refractivity contribution in [2.24, 2.45) is 17.4 Å². The van der Waals surface area contributed by atoms with Crippen molar-refractivity contribution in [2.45, 2.75) is 44.7 Å². The summed E-state index contributed by atoms with van der Waals surface area (Å²) >= 11 is 0. The average molecular weight is 240 g/mol. The molecule has 1 rings (SSSR count). The van der Waals surface area contributed by atoms with E-state index in [1.165, 1.54) is 12.8 Å². The van der Waals surface area contributed by atoms with Crippen molar-refractivity contribution in [3.63, 3.8) is 0 Å². The topological polar surface area (TPSA) is 127 Å². The largest absolute Gasteiger partial charge is 0.394 e. The maximum Gasteiger partial charge on any atom is 0.394 e. The molecule has 0 aromatic carbocycles. The van der Waals surface area contributed by atoms with Crippen LogP contribution in [-0.4, -0.2) is 29.6 Å². The first-order valence-electron chi connectivity index (χ1n) is 4.95. The van der Waals surface area contributed by atoms with Crippen LogP contribution in [0, 0.1) is 5.92 Å². The summed E-state index contributed by atoms with van der Waals surface area (Å²) in [5.41, 5.74) is 11.6. The van der Waals surface area contributed by atoms with Gasteiger partial charge in [-0.2, -0.15) is 8.42 Å². The Hall–Kier alpha value is -0.210. The van der Waals surface area contributed by atoms with E-state index in [4.69, 9.17) is 29.0 Å². The minimum absolute atomic E-state index is 0.263. The van der Waals surface area contributed by atoms with E-state index in [0.29, 0.717) is 0 Å². The normalized spacial score (nSPS) is 31.7. The highest BCUT2D eigenvalue weighted by Crippen LogP contribution is 2.24. The van der Waals surface area contributed by atoms with Crippen molar-refractivity contribution in [1.82, 2.24) is 0 Å². The second-order valence-electron chi connectivity index (χ2n) is 3.86. The Morgan fingerprint density at radius 2 is 1.67 bits per heavy atom. The van der Waals surface area contributed by atoms with Gasteiger partial charge in [0.05, 0.1) is 0 Å². The lowest BCUT2D eigenvalue weighted by molar-refractivity contribution is 0.283. The van der Waals surface area contributed by atoms with E-state index in [-0.39, 0.29) is 12.1 Å². The third-order valence-corrected chi connectivity index (χ3v) is 2.64. The van der Waals surface area contributed by atoms with Crippen LogP contribution in [0.4, 0.5) is 0 Å². The smallest absolute Gasteiger partial charge is 0.326 e. The van der Waals surface area contributed by atoms with Gasteiger partial charge in [0.2, 0.25) is 0 Å². The van der Waals surface area contributed by atoms with Crippen molar-refractivity contribution >= 4 is 10.4 Å². The molecule has 3 unspecified atom stereocenters. The highest BCUT2D eigenvalue weighted by Gasteiger charge is 2.23. The van der Waals surface area contributed by atoms with Gasteiger partial charge in [-0.25, -0.2) is 0 Å². The molecule has 3 atom stereocenters. The molecule has 7 heteroatoms. The lowest BCUT2D eigenvalue weighted by Crippen LogP contribution is -2.45. The number of hydrogen-bond acceptors (Lipinski definition) is 4. The molecule has 0 heterocycles. The summed E-state index contributed by atoms with van der Waals surface area (Å²) in [7, 11) is -4.67. The molecular formula is C8H20N2O4S. The van der Waals surface area contributed by atoms with Gasteiger partial charge in [-0.15, -0.1) is 0 Å². The van der Waals surface area contributed by atoms with Gasteiger partial charge in [0.15, 0.2) is 0 Å². The number of rotatable bonds is 1. The average Bonchev–Trinajstić information content (AvgIpc) is 2.07. The zero-order valence-electron chi connectivity index (χ0n) is 8.83. The number of nitrogens with two attached hydrogens (primary N) is 2. The Labute approximate surface area is 90.6 Å². The van der Waals surface area contributed by atoms with Crippen LogP contribution >= 0.6 is 0 Å². The molecule has 15 heavy (non-hydrogen) atoms. The van der Waals surface area contributed by atoms with Gasteiger partial charge in [0.25, 0.3) is 0 Å². The van der Waals surface area contributed by atoms with Gasteiger partial charge in [0, 0.05) is 12.1 Å². The van der Waals surface area contributed by atoms with Gasteiger partial charge in [-0.05, 0) is 25.2 Å². The zero-order valence-corrected chi connectivity index (χ0v) is 9.65. The third kappa shape index (κ3) is 8.76. The van der Waals surface area contributed by atoms with Gasteiger partial charge in [-0.1, -0.05) is 13.3 Å². The molecule has 0 radical (unpaired) electrons. The molecule has 0 aliphatic heterocycles. The van der Waals surface area contributed by atoms with Crippen LogP contribution in [0.1, 0.15) is 32.6 Å². The monoisotopic (exact) mass is 240 g/mol. The minimum atomic E-state index is -4.67. The van der Waals surface area contributed by atoms with Crippen LogP contribution in [0.25, 0.3) is 0 Å². The fourth-order valence-electron chi connectivity index (χ4n) is 1.69. The van der Waals surface area contributed by atoms with E-state index in [0.717, 1.165) is 18.8 Å². The SMILES string of the molecule is CCC1CCC(N)C(N)C1.O=S(=O)(O)O. The van der Waals surface area contributed by atoms with Gasteiger partial charge in [-0.3, -0.25) is 9.11 Å². The molecular weight excluding hydrogens is 220 g/mol. The van der Waals surface area contributed by atoms with Crippen LogP contribution in [0.3, 0.4) is 0 Å². The molecule has 0 spiro atoms. The molecule has 0 aromatic heterocycles. The van der Waals surface area contributed by atoms with Crippen LogP contribution < -0.4 is 11.5 Å². The Balaban J connectivity index is 0.000000336. The predicted octanol–water partition coefficient (Wildman–Crippen LogP) is 0.198. The van der Waals surface area contributed by atoms with E-state index in [9.17, 15) is 0 Å². The summed E-state index contributed by atoms with van der Waals surface area (Å²) < 4.78 is 31.6. The minimum Gasteiger partial charge on any atom is -0.326 e. The summed E-state index contributed by atoms with van der Waals surface area (Å²) in [5.74, 6) is 0.842. The molecule has 0 bridgehead atoms. The first-order chi connectivity index (χ1) is 6.74. The van der Waals surface area contributed by atoms with Gasteiger partial charge in [0.1, 0.15) is 0 Å². The second-order valence-corrected chi connectivity index (χ2v) is 4.76. The Morgan fingerprint density at radius 3 is 2.00 bits per heavy atom. The summed E-state index contributed by atoms with van der Waals surface area (Å²) in [4.78, 5) is 0. The maximum atomic E-state index is 8.74. The van der Waals surface area contributed by atoms with E-state index in [1.807, 2.05) is 0 Å². The molecule has 0 amide bonds. The molecule has 1 aliphatic rings. The zero-order chi connectivity index (χ0) is 12.1. The van der Waals surface area contributed by atoms with Crippen molar-refractivity contribution in [2.75, 3.05) is 0 Å². The molecule has 0 aromatic rings. The lowest BCUT2D eigenvalue weighted by atomic mass is 9.82. The molecule has 92 valence electrons. The molecule has 6 nitrogen and oxygen atoms in total. The van der Waals surface area contributed by atoms with Gasteiger partial charge >= 0.3 is 10.4 Å². The molecule has 1 aliphatic carbocycles. The highest BCUT2D eigenvalue weighted by atomic mass is 32.3. The van der Waals surface area contributed by atoms with E-state index < -0.39 is 10.4 Å². The Morgan fingerprint density at radius 1 is 1.20 bits per heavy atom. The van der Waals surface area contributed by atoms with Crippen molar-refractivity contribution in [3.05, 3.63) is 0 Å². The summed E-state index contributed by atoms with van der Waals surface area (Å²) in [6, 6.07) is 0.529. The van der Waals surface area contributed by atoms with E-state index in [2.05, 4.69) is 6.92 Å². The lowest BCUT2D eigenvalue weighted by Gasteiger charge is -2.30. The van der Waals surface area contributed by atoms with Crippen LogP contribution in [0.15, 0.2) is 0 Å². The summed E-state index contributed by atoms with van der Waals surface area (Å²) in [6.45, 7) is 2.23. The predicted molar refractivity (Wildman–Crippen MR) is 57.8 cm³/mol. The van der Waals surface area contributed by atoms with Gasteiger partial charge < -0.3 is 11.5 Å². The Kier molecular flexibility index (Phi) is 6.30. The highest BCUT2D eigenvalue weighted by molar-refractivity contribution is 7.79. The molecule has 0 saturated heterocycles. The van der Waals surface area contributed by atoms with Crippen molar-refractivity contribution in [3.8, 4) is 0 Å². The summed E-state index contributed by atoms with van der Waals surface area (Å²) in [6.07, 6.45) is 4.81.